The highest BCUT2D eigenvalue weighted by atomic mass is 127. The molecule has 2 aromatic heterocycles. The van der Waals surface area contributed by atoms with Crippen molar-refractivity contribution >= 4 is 51.0 Å². The SMILES string of the molecule is C[C@H](Nc1nc(N)ncc1C#N)c1cc2cccc(CI)c2c(C(=O)NC2CCOCC2)n1. The summed E-state index contributed by atoms with van der Waals surface area (Å²) in [5.41, 5.74) is 8.10. The van der Waals surface area contributed by atoms with Crippen LogP contribution < -0.4 is 16.4 Å². The molecule has 1 aliphatic heterocycles. The Hall–Kier alpha value is -3.04. The second-order valence-corrected chi connectivity index (χ2v) is 8.64. The van der Waals surface area contributed by atoms with Gasteiger partial charge in [0, 0.05) is 29.1 Å². The van der Waals surface area contributed by atoms with Gasteiger partial charge in [0.15, 0.2) is 0 Å². The average molecular weight is 557 g/mol. The van der Waals surface area contributed by atoms with Crippen LogP contribution in [0.3, 0.4) is 0 Å². The Labute approximate surface area is 205 Å². The number of hydrogen-bond donors (Lipinski definition) is 3. The number of benzene rings is 1. The third-order valence-corrected chi connectivity index (χ3v) is 6.43. The molecule has 1 saturated heterocycles. The van der Waals surface area contributed by atoms with E-state index in [1.165, 1.54) is 6.20 Å². The van der Waals surface area contributed by atoms with E-state index in [2.05, 4.69) is 49.3 Å². The minimum Gasteiger partial charge on any atom is -0.381 e. The first kappa shape index (κ1) is 23.1. The van der Waals surface area contributed by atoms with Crippen LogP contribution in [0.1, 0.15) is 53.1 Å². The number of alkyl halides is 1. The van der Waals surface area contributed by atoms with Gasteiger partial charge in [0.1, 0.15) is 23.1 Å². The van der Waals surface area contributed by atoms with Gasteiger partial charge in [0.05, 0.1) is 17.9 Å². The lowest BCUT2D eigenvalue weighted by molar-refractivity contribution is 0.0695. The Morgan fingerprint density at radius 1 is 1.36 bits per heavy atom. The van der Waals surface area contributed by atoms with Gasteiger partial charge in [-0.15, -0.1) is 0 Å². The second-order valence-electron chi connectivity index (χ2n) is 7.87. The van der Waals surface area contributed by atoms with Crippen LogP contribution in [0.15, 0.2) is 30.5 Å². The number of halogens is 1. The zero-order chi connectivity index (χ0) is 23.4. The van der Waals surface area contributed by atoms with Gasteiger partial charge in [-0.3, -0.25) is 4.79 Å². The molecule has 10 heteroatoms. The molecule has 4 N–H and O–H groups in total. The quantitative estimate of drug-likeness (QED) is 0.309. The molecule has 3 heterocycles. The van der Waals surface area contributed by atoms with E-state index in [1.54, 1.807) is 0 Å². The van der Waals surface area contributed by atoms with Crippen LogP contribution in [-0.4, -0.2) is 40.1 Å². The number of nitrogens with zero attached hydrogens (tertiary/aromatic N) is 4. The number of hydrogen-bond acceptors (Lipinski definition) is 8. The van der Waals surface area contributed by atoms with Crippen molar-refractivity contribution in [3.05, 3.63) is 53.0 Å². The first-order chi connectivity index (χ1) is 16.0. The lowest BCUT2D eigenvalue weighted by atomic mass is 10.0. The largest absolute Gasteiger partial charge is 0.381 e. The van der Waals surface area contributed by atoms with E-state index in [9.17, 15) is 10.1 Å². The van der Waals surface area contributed by atoms with Gasteiger partial charge in [-0.25, -0.2) is 9.97 Å². The zero-order valence-electron chi connectivity index (χ0n) is 18.1. The fourth-order valence-corrected chi connectivity index (χ4v) is 4.50. The maximum atomic E-state index is 13.4. The Kier molecular flexibility index (Phi) is 7.20. The molecule has 1 aromatic carbocycles. The standard InChI is InChI=1S/C23H24IN7O2/c1-13(28-21-16(11-25)12-27-23(26)31-21)18-9-14-3-2-4-15(10-24)19(14)20(30-18)22(32)29-17-5-7-33-8-6-17/h2-4,9,12-13,17H,5-8,10H2,1H3,(H,29,32)(H3,26,27,28,31)/t13-/m0/s1. The highest BCUT2D eigenvalue weighted by molar-refractivity contribution is 14.1. The molecule has 4 rings (SSSR count). The summed E-state index contributed by atoms with van der Waals surface area (Å²) in [6.07, 6.45) is 2.95. The van der Waals surface area contributed by atoms with E-state index >= 15 is 0 Å². The number of carbonyl (C=O) groups excluding carboxylic acids is 1. The number of rotatable bonds is 6. The minimum atomic E-state index is -0.339. The topological polar surface area (TPSA) is 139 Å². The number of amides is 1. The molecule has 0 spiro atoms. The van der Waals surface area contributed by atoms with E-state index in [4.69, 9.17) is 15.5 Å². The van der Waals surface area contributed by atoms with Crippen LogP contribution in [0.2, 0.25) is 0 Å². The van der Waals surface area contributed by atoms with E-state index in [-0.39, 0.29) is 29.5 Å². The van der Waals surface area contributed by atoms with Gasteiger partial charge in [-0.2, -0.15) is 10.2 Å². The first-order valence-corrected chi connectivity index (χ1v) is 12.2. The van der Waals surface area contributed by atoms with E-state index in [0.717, 1.165) is 33.6 Å². The van der Waals surface area contributed by atoms with Gasteiger partial charge in [0.2, 0.25) is 5.95 Å². The van der Waals surface area contributed by atoms with Crippen molar-refractivity contribution in [1.29, 1.82) is 5.26 Å². The van der Waals surface area contributed by atoms with Crippen molar-refractivity contribution in [2.75, 3.05) is 24.3 Å². The summed E-state index contributed by atoms with van der Waals surface area (Å²) in [5, 5.41) is 17.5. The number of carbonyl (C=O) groups is 1. The fraction of sp³-hybridized carbons (Fsp3) is 0.348. The van der Waals surface area contributed by atoms with Crippen molar-refractivity contribution in [2.24, 2.45) is 0 Å². The molecule has 33 heavy (non-hydrogen) atoms. The Morgan fingerprint density at radius 2 is 2.15 bits per heavy atom. The molecule has 3 aromatic rings. The van der Waals surface area contributed by atoms with Crippen molar-refractivity contribution in [1.82, 2.24) is 20.3 Å². The number of fused-ring (bicyclic) bond motifs is 1. The normalized spacial score (nSPS) is 15.1. The number of nitriles is 1. The summed E-state index contributed by atoms with van der Waals surface area (Å²) >= 11 is 2.30. The molecule has 0 bridgehead atoms. The molecule has 1 fully saturated rings. The predicted octanol–water partition coefficient (Wildman–Crippen LogP) is 3.50. The smallest absolute Gasteiger partial charge is 0.270 e. The van der Waals surface area contributed by atoms with Gasteiger partial charge in [-0.05, 0) is 36.8 Å². The lowest BCUT2D eigenvalue weighted by Gasteiger charge is -2.24. The molecule has 1 atom stereocenters. The molecule has 170 valence electrons. The summed E-state index contributed by atoms with van der Waals surface area (Å²) in [6, 6.07) is 9.74. The molecular weight excluding hydrogens is 533 g/mol. The molecule has 0 unspecified atom stereocenters. The van der Waals surface area contributed by atoms with Crippen molar-refractivity contribution in [2.45, 2.75) is 36.3 Å². The third kappa shape index (κ3) is 5.15. The number of anilines is 2. The predicted molar refractivity (Wildman–Crippen MR) is 134 cm³/mol. The van der Waals surface area contributed by atoms with Crippen LogP contribution in [0.5, 0.6) is 0 Å². The first-order valence-electron chi connectivity index (χ1n) is 10.7. The monoisotopic (exact) mass is 557 g/mol. The number of pyridine rings is 1. The Bertz CT molecular complexity index is 1220. The maximum Gasteiger partial charge on any atom is 0.270 e. The van der Waals surface area contributed by atoms with Gasteiger partial charge in [0.25, 0.3) is 5.91 Å². The van der Waals surface area contributed by atoms with Crippen LogP contribution in [-0.2, 0) is 9.16 Å². The number of aromatic nitrogens is 3. The molecule has 9 nitrogen and oxygen atoms in total. The molecule has 0 aliphatic carbocycles. The number of nitrogen functional groups attached to an aromatic ring is 1. The highest BCUT2D eigenvalue weighted by Crippen LogP contribution is 2.28. The highest BCUT2D eigenvalue weighted by Gasteiger charge is 2.23. The van der Waals surface area contributed by atoms with E-state index in [1.807, 2.05) is 31.2 Å². The summed E-state index contributed by atoms with van der Waals surface area (Å²) in [5.74, 6) is 0.203. The molecule has 0 saturated carbocycles. The summed E-state index contributed by atoms with van der Waals surface area (Å²) in [6.45, 7) is 3.18. The third-order valence-electron chi connectivity index (χ3n) is 5.60. The molecule has 0 radical (unpaired) electrons. The van der Waals surface area contributed by atoms with E-state index in [0.29, 0.717) is 30.4 Å². The summed E-state index contributed by atoms with van der Waals surface area (Å²) in [7, 11) is 0. The number of nitrogens with one attached hydrogen (secondary N) is 2. The summed E-state index contributed by atoms with van der Waals surface area (Å²) < 4.78 is 6.17. The number of nitrogens with two attached hydrogens (primary N) is 1. The van der Waals surface area contributed by atoms with Crippen LogP contribution in [0.25, 0.3) is 10.8 Å². The van der Waals surface area contributed by atoms with Gasteiger partial charge in [-0.1, -0.05) is 40.8 Å². The summed E-state index contributed by atoms with van der Waals surface area (Å²) in [4.78, 5) is 26.2. The average Bonchev–Trinajstić information content (AvgIpc) is 2.83. The minimum absolute atomic E-state index is 0.0660. The molecule has 1 amide bonds. The van der Waals surface area contributed by atoms with Crippen LogP contribution >= 0.6 is 22.6 Å². The van der Waals surface area contributed by atoms with Gasteiger partial charge >= 0.3 is 0 Å². The fourth-order valence-electron chi connectivity index (χ4n) is 3.87. The molecular formula is C23H24IN7O2. The second kappa shape index (κ2) is 10.3. The lowest BCUT2D eigenvalue weighted by Crippen LogP contribution is -2.39. The van der Waals surface area contributed by atoms with Crippen molar-refractivity contribution in [3.63, 3.8) is 0 Å². The maximum absolute atomic E-state index is 13.4. The van der Waals surface area contributed by atoms with Crippen LogP contribution in [0.4, 0.5) is 11.8 Å². The van der Waals surface area contributed by atoms with Crippen molar-refractivity contribution < 1.29 is 9.53 Å². The zero-order valence-corrected chi connectivity index (χ0v) is 20.3. The number of ether oxygens (including phenoxy) is 1. The van der Waals surface area contributed by atoms with E-state index < -0.39 is 0 Å². The van der Waals surface area contributed by atoms with Crippen molar-refractivity contribution in [3.8, 4) is 6.07 Å². The van der Waals surface area contributed by atoms with Gasteiger partial charge < -0.3 is 21.1 Å². The molecule has 1 aliphatic rings. The van der Waals surface area contributed by atoms with Crippen LogP contribution in [0, 0.1) is 11.3 Å². The Morgan fingerprint density at radius 3 is 2.88 bits per heavy atom. The Balaban J connectivity index is 1.73.